The van der Waals surface area contributed by atoms with Crippen LogP contribution in [0, 0.1) is 0 Å². The second kappa shape index (κ2) is 12.2. The van der Waals surface area contributed by atoms with E-state index in [9.17, 15) is 0 Å². The van der Waals surface area contributed by atoms with Crippen LogP contribution in [0.3, 0.4) is 0 Å². The molecule has 5 heteroatoms. The fourth-order valence-corrected chi connectivity index (χ4v) is 9.75. The Bertz CT molecular complexity index is 3820. The fraction of sp³-hybridized carbons (Fsp3) is 0. The minimum absolute atomic E-state index is 0.654. The van der Waals surface area contributed by atoms with Gasteiger partial charge in [0.1, 0.15) is 0 Å². The Morgan fingerprint density at radius 1 is 0.305 bits per heavy atom. The van der Waals surface area contributed by atoms with Gasteiger partial charge < -0.3 is 9.13 Å². The molecule has 0 unspecified atom stereocenters. The number of benzene rings is 9. The first-order valence-electron chi connectivity index (χ1n) is 20.1. The van der Waals surface area contributed by atoms with Crippen LogP contribution in [0.5, 0.6) is 0 Å². The summed E-state index contributed by atoms with van der Waals surface area (Å²) in [7, 11) is 0. The summed E-state index contributed by atoms with van der Waals surface area (Å²) in [5.74, 6) is 0.654. The van der Waals surface area contributed by atoms with E-state index in [4.69, 9.17) is 9.97 Å². The second-order valence-corrected chi connectivity index (χ2v) is 15.4. The molecule has 4 heterocycles. The van der Waals surface area contributed by atoms with E-state index in [1.165, 1.54) is 65.2 Å². The van der Waals surface area contributed by atoms with Crippen LogP contribution in [-0.4, -0.2) is 23.7 Å². The zero-order chi connectivity index (χ0) is 38.6. The van der Waals surface area contributed by atoms with Crippen LogP contribution in [0.4, 0.5) is 0 Å². The van der Waals surface area contributed by atoms with Crippen LogP contribution < -0.4 is 0 Å². The Balaban J connectivity index is 1.21. The van der Waals surface area contributed by atoms with Crippen molar-refractivity contribution in [1.29, 1.82) is 0 Å². The third-order valence-corrected chi connectivity index (χ3v) is 12.2. The summed E-state index contributed by atoms with van der Waals surface area (Å²) in [6, 6.07) is 71.8. The molecule has 0 aliphatic heterocycles. The first kappa shape index (κ1) is 32.1. The van der Waals surface area contributed by atoms with Gasteiger partial charge in [0.05, 0.1) is 44.3 Å². The Morgan fingerprint density at radius 2 is 0.814 bits per heavy atom. The molecule has 59 heavy (non-hydrogen) atoms. The van der Waals surface area contributed by atoms with E-state index in [1.807, 2.05) is 6.07 Å². The summed E-state index contributed by atoms with van der Waals surface area (Å²) >= 11 is 0. The van der Waals surface area contributed by atoms with E-state index < -0.39 is 0 Å². The largest absolute Gasteiger partial charge is 0.309 e. The molecule has 4 aromatic heterocycles. The maximum Gasteiger partial charge on any atom is 0.235 e. The first-order chi connectivity index (χ1) is 29.3. The normalized spacial score (nSPS) is 12.1. The highest BCUT2D eigenvalue weighted by atomic mass is 15.2. The van der Waals surface area contributed by atoms with Gasteiger partial charge in [0, 0.05) is 60.0 Å². The topological polar surface area (TPSA) is 40.6 Å². The Morgan fingerprint density at radius 3 is 1.53 bits per heavy atom. The molecule has 13 aromatic rings. The minimum atomic E-state index is 0.654. The predicted octanol–water partition coefficient (Wildman–Crippen LogP) is 13.7. The molecule has 0 saturated heterocycles. The van der Waals surface area contributed by atoms with E-state index in [2.05, 4.69) is 208 Å². The average molecular weight is 752 g/mol. The molecular formula is C54H33N5. The average Bonchev–Trinajstić information content (AvgIpc) is 3.94. The standard InChI is InChI=1S/C54H33N5/c1-4-16-35(17-5-1)53-39-23-10-13-25-43(39)55-54(56-53)59-45-27-15-12-24-40(45)51-47(59)31-29-34-28-30-46-52(50(34)51)42-33-48-41(32-49(42)58(46)37-20-8-3-9-21-37)38-22-11-14-26-44(38)57(48)36-18-6-2-7-19-36/h1-33H. The minimum Gasteiger partial charge on any atom is -0.309 e. The third kappa shape index (κ3) is 4.55. The summed E-state index contributed by atoms with van der Waals surface area (Å²) in [6.07, 6.45) is 0. The van der Waals surface area contributed by atoms with Crippen LogP contribution >= 0.6 is 0 Å². The van der Waals surface area contributed by atoms with E-state index in [0.717, 1.165) is 44.6 Å². The number of fused-ring (bicyclic) bond motifs is 13. The molecule has 0 atom stereocenters. The zero-order valence-corrected chi connectivity index (χ0v) is 31.8. The van der Waals surface area contributed by atoms with E-state index in [-0.39, 0.29) is 0 Å². The number of hydrogen-bond donors (Lipinski definition) is 0. The lowest BCUT2D eigenvalue weighted by atomic mass is 9.98. The number of nitrogens with zero attached hydrogens (tertiary/aromatic N) is 5. The fourth-order valence-electron chi connectivity index (χ4n) is 9.75. The highest BCUT2D eigenvalue weighted by Crippen LogP contribution is 2.46. The van der Waals surface area contributed by atoms with Gasteiger partial charge in [0.2, 0.25) is 5.95 Å². The summed E-state index contributed by atoms with van der Waals surface area (Å²) in [4.78, 5) is 10.7. The molecule has 0 fully saturated rings. The van der Waals surface area contributed by atoms with Crippen LogP contribution in [-0.2, 0) is 0 Å². The third-order valence-electron chi connectivity index (χ3n) is 12.2. The van der Waals surface area contributed by atoms with Gasteiger partial charge in [0.25, 0.3) is 0 Å². The first-order valence-corrected chi connectivity index (χ1v) is 20.1. The predicted molar refractivity (Wildman–Crippen MR) is 245 cm³/mol. The molecule has 274 valence electrons. The lowest BCUT2D eigenvalue weighted by Gasteiger charge is -2.12. The van der Waals surface area contributed by atoms with Crippen LogP contribution in [0.15, 0.2) is 200 Å². The van der Waals surface area contributed by atoms with E-state index in [0.29, 0.717) is 5.95 Å². The van der Waals surface area contributed by atoms with Crippen LogP contribution in [0.2, 0.25) is 0 Å². The molecular weight excluding hydrogens is 719 g/mol. The Hall–Kier alpha value is -8.02. The molecule has 0 aliphatic rings. The molecule has 0 amide bonds. The van der Waals surface area contributed by atoms with Gasteiger partial charge in [0.15, 0.2) is 0 Å². The molecule has 0 bridgehead atoms. The number of para-hydroxylation sites is 5. The van der Waals surface area contributed by atoms with Crippen molar-refractivity contribution in [3.8, 4) is 28.6 Å². The summed E-state index contributed by atoms with van der Waals surface area (Å²) in [5.41, 5.74) is 12.0. The van der Waals surface area contributed by atoms with Gasteiger partial charge in [-0.2, -0.15) is 0 Å². The highest BCUT2D eigenvalue weighted by Gasteiger charge is 2.24. The lowest BCUT2D eigenvalue weighted by molar-refractivity contribution is 1.01. The molecule has 5 nitrogen and oxygen atoms in total. The molecule has 0 N–H and O–H groups in total. The van der Waals surface area contributed by atoms with E-state index in [1.54, 1.807) is 0 Å². The molecule has 13 rings (SSSR count). The maximum atomic E-state index is 5.39. The smallest absolute Gasteiger partial charge is 0.235 e. The molecule has 0 spiro atoms. The lowest BCUT2D eigenvalue weighted by Crippen LogP contribution is -2.03. The van der Waals surface area contributed by atoms with Crippen molar-refractivity contribution in [2.24, 2.45) is 0 Å². The molecule has 9 aromatic carbocycles. The monoisotopic (exact) mass is 751 g/mol. The van der Waals surface area contributed by atoms with Gasteiger partial charge in [-0.1, -0.05) is 133 Å². The summed E-state index contributed by atoms with van der Waals surface area (Å²) in [5, 5.41) is 10.7. The van der Waals surface area contributed by atoms with Crippen molar-refractivity contribution < 1.29 is 0 Å². The second-order valence-electron chi connectivity index (χ2n) is 15.4. The zero-order valence-electron chi connectivity index (χ0n) is 31.8. The van der Waals surface area contributed by atoms with Gasteiger partial charge in [-0.3, -0.25) is 4.57 Å². The SMILES string of the molecule is c1ccc(-c2nc(-n3c4ccccc4c4c5c(ccc6c5c5cc7c(cc5n6-c5ccccc5)c5ccccc5n7-c5ccccc5)ccc43)nc3ccccc23)cc1. The molecule has 0 radical (unpaired) electrons. The number of rotatable bonds is 4. The van der Waals surface area contributed by atoms with Crippen molar-refractivity contribution in [2.45, 2.75) is 0 Å². The highest BCUT2D eigenvalue weighted by molar-refractivity contribution is 6.34. The number of aromatic nitrogens is 5. The maximum absolute atomic E-state index is 5.39. The Kier molecular flexibility index (Phi) is 6.66. The van der Waals surface area contributed by atoms with Gasteiger partial charge >= 0.3 is 0 Å². The van der Waals surface area contributed by atoms with Crippen LogP contribution in [0.1, 0.15) is 0 Å². The van der Waals surface area contributed by atoms with Crippen LogP contribution in [0.25, 0.3) is 116 Å². The van der Waals surface area contributed by atoms with E-state index >= 15 is 0 Å². The Labute approximate surface area is 338 Å². The molecule has 0 saturated carbocycles. The van der Waals surface area contributed by atoms with Gasteiger partial charge in [-0.15, -0.1) is 0 Å². The number of hydrogen-bond acceptors (Lipinski definition) is 2. The van der Waals surface area contributed by atoms with Gasteiger partial charge in [-0.05, 0) is 72.1 Å². The van der Waals surface area contributed by atoms with Crippen molar-refractivity contribution in [3.63, 3.8) is 0 Å². The van der Waals surface area contributed by atoms with Crippen molar-refractivity contribution in [2.75, 3.05) is 0 Å². The summed E-state index contributed by atoms with van der Waals surface area (Å²) in [6.45, 7) is 0. The quantitative estimate of drug-likeness (QED) is 0.180. The van der Waals surface area contributed by atoms with Gasteiger partial charge in [-0.25, -0.2) is 9.97 Å². The summed E-state index contributed by atoms with van der Waals surface area (Å²) < 4.78 is 7.14. The van der Waals surface area contributed by atoms with Crippen molar-refractivity contribution >= 4 is 87.1 Å². The molecule has 0 aliphatic carbocycles. The van der Waals surface area contributed by atoms with Crippen molar-refractivity contribution in [3.05, 3.63) is 200 Å². The van der Waals surface area contributed by atoms with Crippen molar-refractivity contribution in [1.82, 2.24) is 23.7 Å².